The number of rotatable bonds is 7. The topological polar surface area (TPSA) is 66.0 Å². The maximum absolute atomic E-state index is 12.3. The monoisotopic (exact) mass is 358 g/mol. The van der Waals surface area contributed by atoms with Crippen LogP contribution in [-0.4, -0.2) is 55.2 Å². The second-order valence-electron chi connectivity index (χ2n) is 7.11. The molecule has 2 saturated heterocycles. The molecule has 0 aromatic heterocycles. The summed E-state index contributed by atoms with van der Waals surface area (Å²) < 4.78 is 5.89. The van der Waals surface area contributed by atoms with Crippen molar-refractivity contribution >= 4 is 11.9 Å². The van der Waals surface area contributed by atoms with Crippen molar-refractivity contribution < 1.29 is 9.53 Å². The lowest BCUT2D eigenvalue weighted by atomic mass is 9.96. The molecule has 2 aliphatic heterocycles. The van der Waals surface area contributed by atoms with Gasteiger partial charge in [0.15, 0.2) is 5.96 Å². The van der Waals surface area contributed by atoms with Gasteiger partial charge in [0, 0.05) is 26.6 Å². The second kappa shape index (κ2) is 9.03. The molecule has 2 aliphatic rings. The van der Waals surface area contributed by atoms with Crippen LogP contribution in [0, 0.1) is 0 Å². The Hall–Kier alpha value is -2.08. The molecule has 6 nitrogen and oxygen atoms in total. The summed E-state index contributed by atoms with van der Waals surface area (Å²) >= 11 is 0. The van der Waals surface area contributed by atoms with E-state index in [2.05, 4.69) is 15.6 Å². The summed E-state index contributed by atoms with van der Waals surface area (Å²) in [5.74, 6) is 0.892. The standard InChI is InChI=1S/C20H30N4O2/c1-3-21-20(23-17-13-16-9-10-18(17)26-16)22-12-11-19(25)24(2)14-15-7-5-4-6-8-15/h4-8,16-18H,3,9-14H2,1-2H3,(H2,21,22,23). The fourth-order valence-electron chi connectivity index (χ4n) is 3.69. The van der Waals surface area contributed by atoms with Crippen molar-refractivity contribution in [2.75, 3.05) is 20.1 Å². The summed E-state index contributed by atoms with van der Waals surface area (Å²) in [6.45, 7) is 3.96. The zero-order valence-corrected chi connectivity index (χ0v) is 15.8. The van der Waals surface area contributed by atoms with Gasteiger partial charge in [-0.15, -0.1) is 0 Å². The van der Waals surface area contributed by atoms with Crippen molar-refractivity contribution in [1.82, 2.24) is 15.5 Å². The Morgan fingerprint density at radius 2 is 2.12 bits per heavy atom. The molecule has 2 N–H and O–H groups in total. The zero-order chi connectivity index (χ0) is 18.4. The fraction of sp³-hybridized carbons (Fsp3) is 0.600. The molecule has 2 bridgehead atoms. The van der Waals surface area contributed by atoms with Gasteiger partial charge in [-0.25, -0.2) is 0 Å². The Kier molecular flexibility index (Phi) is 6.50. The Labute approximate surface area is 156 Å². The van der Waals surface area contributed by atoms with E-state index in [1.54, 1.807) is 4.90 Å². The largest absolute Gasteiger partial charge is 0.373 e. The minimum atomic E-state index is 0.108. The van der Waals surface area contributed by atoms with Gasteiger partial charge in [0.05, 0.1) is 24.8 Å². The third-order valence-corrected chi connectivity index (χ3v) is 5.06. The highest BCUT2D eigenvalue weighted by molar-refractivity contribution is 5.81. The van der Waals surface area contributed by atoms with Gasteiger partial charge < -0.3 is 20.3 Å². The van der Waals surface area contributed by atoms with Gasteiger partial charge in [-0.3, -0.25) is 9.79 Å². The summed E-state index contributed by atoms with van der Waals surface area (Å²) in [5.41, 5.74) is 1.14. The van der Waals surface area contributed by atoms with Gasteiger partial charge in [-0.05, 0) is 31.7 Å². The highest BCUT2D eigenvalue weighted by Crippen LogP contribution is 2.34. The van der Waals surface area contributed by atoms with Crippen LogP contribution in [-0.2, 0) is 16.1 Å². The average molecular weight is 358 g/mol. The van der Waals surface area contributed by atoms with Crippen molar-refractivity contribution in [3.63, 3.8) is 0 Å². The molecule has 2 heterocycles. The van der Waals surface area contributed by atoms with Crippen molar-refractivity contribution in [1.29, 1.82) is 0 Å². The number of carbonyl (C=O) groups is 1. The summed E-state index contributed by atoms with van der Waals surface area (Å²) in [6, 6.07) is 10.4. The maximum Gasteiger partial charge on any atom is 0.224 e. The minimum Gasteiger partial charge on any atom is -0.373 e. The molecule has 0 saturated carbocycles. The van der Waals surface area contributed by atoms with E-state index in [0.29, 0.717) is 37.8 Å². The quantitative estimate of drug-likeness (QED) is 0.577. The first-order valence-corrected chi connectivity index (χ1v) is 9.64. The molecule has 3 atom stereocenters. The molecule has 26 heavy (non-hydrogen) atoms. The average Bonchev–Trinajstić information content (AvgIpc) is 3.25. The zero-order valence-electron chi connectivity index (χ0n) is 15.8. The van der Waals surface area contributed by atoms with Crippen LogP contribution in [0.1, 0.15) is 38.2 Å². The Morgan fingerprint density at radius 1 is 1.31 bits per heavy atom. The van der Waals surface area contributed by atoms with Crippen molar-refractivity contribution in [2.24, 2.45) is 4.99 Å². The summed E-state index contributed by atoms with van der Waals surface area (Å²) in [5, 5.41) is 6.75. The number of amides is 1. The molecule has 3 unspecified atom stereocenters. The lowest BCUT2D eigenvalue weighted by molar-refractivity contribution is -0.130. The summed E-state index contributed by atoms with van der Waals surface area (Å²) in [6.07, 6.45) is 4.49. The SMILES string of the molecule is CCNC(=NCCC(=O)N(C)Cc1ccccc1)NC1CC2CCC1O2. The third kappa shape index (κ3) is 4.97. The van der Waals surface area contributed by atoms with Crippen LogP contribution in [0.15, 0.2) is 35.3 Å². The van der Waals surface area contributed by atoms with Crippen molar-refractivity contribution in [3.8, 4) is 0 Å². The molecule has 1 aromatic carbocycles. The van der Waals surface area contributed by atoms with Gasteiger partial charge in [0.2, 0.25) is 5.91 Å². The fourth-order valence-corrected chi connectivity index (χ4v) is 3.69. The molecule has 2 fully saturated rings. The highest BCUT2D eigenvalue weighted by atomic mass is 16.5. The van der Waals surface area contributed by atoms with Crippen LogP contribution in [0.4, 0.5) is 0 Å². The van der Waals surface area contributed by atoms with Crippen molar-refractivity contribution in [3.05, 3.63) is 35.9 Å². The van der Waals surface area contributed by atoms with Gasteiger partial charge in [-0.1, -0.05) is 30.3 Å². The second-order valence-corrected chi connectivity index (χ2v) is 7.11. The number of hydrogen-bond acceptors (Lipinski definition) is 3. The van der Waals surface area contributed by atoms with E-state index in [9.17, 15) is 4.79 Å². The maximum atomic E-state index is 12.3. The summed E-state index contributed by atoms with van der Waals surface area (Å²) in [7, 11) is 1.84. The molecule has 142 valence electrons. The molecule has 0 radical (unpaired) electrons. The van der Waals surface area contributed by atoms with E-state index in [4.69, 9.17) is 4.74 Å². The van der Waals surface area contributed by atoms with Gasteiger partial charge in [-0.2, -0.15) is 0 Å². The van der Waals surface area contributed by atoms with E-state index in [0.717, 1.165) is 30.9 Å². The molecule has 1 aromatic rings. The van der Waals surface area contributed by atoms with Crippen molar-refractivity contribution in [2.45, 2.75) is 57.4 Å². The highest BCUT2D eigenvalue weighted by Gasteiger charge is 2.41. The molecule has 1 amide bonds. The third-order valence-electron chi connectivity index (χ3n) is 5.06. The molecule has 0 spiro atoms. The first-order chi connectivity index (χ1) is 12.7. The van der Waals surface area contributed by atoms with Crippen LogP contribution in [0.2, 0.25) is 0 Å². The van der Waals surface area contributed by atoms with E-state index >= 15 is 0 Å². The lowest BCUT2D eigenvalue weighted by Crippen LogP contribution is -2.47. The number of carbonyl (C=O) groups excluding carboxylic acids is 1. The molecule has 6 heteroatoms. The summed E-state index contributed by atoms with van der Waals surface area (Å²) in [4.78, 5) is 18.7. The van der Waals surface area contributed by atoms with E-state index < -0.39 is 0 Å². The number of ether oxygens (including phenoxy) is 1. The number of nitrogens with one attached hydrogen (secondary N) is 2. The predicted molar refractivity (Wildman–Crippen MR) is 103 cm³/mol. The molecular weight excluding hydrogens is 328 g/mol. The van der Waals surface area contributed by atoms with Gasteiger partial charge in [0.1, 0.15) is 0 Å². The molecule has 0 aliphatic carbocycles. The smallest absolute Gasteiger partial charge is 0.224 e. The van der Waals surface area contributed by atoms with E-state index in [1.807, 2.05) is 44.3 Å². The molecular formula is C20H30N4O2. The first kappa shape index (κ1) is 18.7. The normalized spacial score (nSPS) is 24.5. The number of benzene rings is 1. The van der Waals surface area contributed by atoms with Crippen LogP contribution in [0.5, 0.6) is 0 Å². The van der Waals surface area contributed by atoms with E-state index in [1.165, 1.54) is 6.42 Å². The number of guanidine groups is 1. The van der Waals surface area contributed by atoms with Crippen LogP contribution in [0.3, 0.4) is 0 Å². The van der Waals surface area contributed by atoms with E-state index in [-0.39, 0.29) is 5.91 Å². The first-order valence-electron chi connectivity index (χ1n) is 9.64. The predicted octanol–water partition coefficient (Wildman–Crippen LogP) is 1.91. The molecule has 3 rings (SSSR count). The Bertz CT molecular complexity index is 619. The minimum absolute atomic E-state index is 0.108. The Balaban J connectivity index is 1.45. The number of fused-ring (bicyclic) bond motifs is 2. The van der Waals surface area contributed by atoms with Gasteiger partial charge >= 0.3 is 0 Å². The van der Waals surface area contributed by atoms with Crippen LogP contribution < -0.4 is 10.6 Å². The van der Waals surface area contributed by atoms with Crippen LogP contribution in [0.25, 0.3) is 0 Å². The lowest BCUT2D eigenvalue weighted by Gasteiger charge is -2.22. The van der Waals surface area contributed by atoms with Crippen LogP contribution >= 0.6 is 0 Å². The number of nitrogens with zero attached hydrogens (tertiary/aromatic N) is 2. The Morgan fingerprint density at radius 3 is 2.77 bits per heavy atom. The van der Waals surface area contributed by atoms with Gasteiger partial charge in [0.25, 0.3) is 0 Å². The number of hydrogen-bond donors (Lipinski definition) is 2. The number of aliphatic imine (C=N–C) groups is 1.